The van der Waals surface area contributed by atoms with Gasteiger partial charge in [-0.15, -0.1) is 0 Å². The molecule has 0 aliphatic heterocycles. The van der Waals surface area contributed by atoms with E-state index in [9.17, 15) is 0 Å². The Morgan fingerprint density at radius 1 is 0.765 bits per heavy atom. The molecule has 4 aromatic carbocycles. The third-order valence-electron chi connectivity index (χ3n) is 6.12. The maximum atomic E-state index is 6.25. The lowest BCUT2D eigenvalue weighted by molar-refractivity contribution is 0.306. The lowest BCUT2D eigenvalue weighted by atomic mass is 9.88. The van der Waals surface area contributed by atoms with Crippen molar-refractivity contribution in [3.63, 3.8) is 0 Å². The summed E-state index contributed by atoms with van der Waals surface area (Å²) in [5.41, 5.74) is 4.99. The molecule has 0 aromatic heterocycles. The number of rotatable bonds is 11. The Bertz CT molecular complexity index is 1110. The molecule has 0 saturated carbocycles. The number of hydrogen-bond donors (Lipinski definition) is 1. The summed E-state index contributed by atoms with van der Waals surface area (Å²) in [5.74, 6) is 1.27. The molecule has 2 nitrogen and oxygen atoms in total. The van der Waals surface area contributed by atoms with E-state index in [0.29, 0.717) is 18.6 Å². The summed E-state index contributed by atoms with van der Waals surface area (Å²) in [6, 6.07) is 38.1. The molecule has 1 unspecified atom stereocenters. The average molecular weight is 470 g/mol. The maximum Gasteiger partial charge on any atom is 0.120 e. The van der Waals surface area contributed by atoms with Crippen LogP contribution in [0.2, 0.25) is 5.02 Å². The van der Waals surface area contributed by atoms with Crippen LogP contribution in [0.1, 0.15) is 41.5 Å². The first-order chi connectivity index (χ1) is 16.7. The summed E-state index contributed by atoms with van der Waals surface area (Å²) in [7, 11) is 0. The Labute approximate surface area is 208 Å². The minimum Gasteiger partial charge on any atom is -0.489 e. The number of hydrogen-bond acceptors (Lipinski definition) is 2. The van der Waals surface area contributed by atoms with Gasteiger partial charge >= 0.3 is 0 Å². The predicted octanol–water partition coefficient (Wildman–Crippen LogP) is 7.66. The van der Waals surface area contributed by atoms with Crippen LogP contribution in [0, 0.1) is 0 Å². The molecule has 0 heterocycles. The number of ether oxygens (including phenoxy) is 1. The molecule has 0 spiro atoms. The molecule has 34 heavy (non-hydrogen) atoms. The second-order valence-corrected chi connectivity index (χ2v) is 9.16. The summed E-state index contributed by atoms with van der Waals surface area (Å²) in [6.45, 7) is 3.67. The van der Waals surface area contributed by atoms with Crippen LogP contribution < -0.4 is 10.1 Å². The van der Waals surface area contributed by atoms with Crippen LogP contribution in [0.3, 0.4) is 0 Å². The summed E-state index contributed by atoms with van der Waals surface area (Å²) in [5, 5.41) is 4.46. The summed E-state index contributed by atoms with van der Waals surface area (Å²) in [6.07, 6.45) is 2.00. The second kappa shape index (κ2) is 12.4. The zero-order valence-corrected chi connectivity index (χ0v) is 20.4. The first-order valence-corrected chi connectivity index (χ1v) is 12.4. The molecule has 0 bridgehead atoms. The van der Waals surface area contributed by atoms with Crippen LogP contribution in [-0.4, -0.2) is 12.6 Å². The Hall–Kier alpha value is -3.07. The van der Waals surface area contributed by atoms with E-state index in [4.69, 9.17) is 16.3 Å². The minimum atomic E-state index is 0.367. The fraction of sp³-hybridized carbons (Fsp3) is 0.226. The predicted molar refractivity (Wildman–Crippen MR) is 143 cm³/mol. The highest BCUT2D eigenvalue weighted by atomic mass is 35.5. The Morgan fingerprint density at radius 2 is 1.41 bits per heavy atom. The summed E-state index contributed by atoms with van der Waals surface area (Å²) < 4.78 is 6.00. The van der Waals surface area contributed by atoms with Crippen LogP contribution in [0.25, 0.3) is 0 Å². The van der Waals surface area contributed by atoms with Crippen molar-refractivity contribution in [3.8, 4) is 5.75 Å². The largest absolute Gasteiger partial charge is 0.489 e. The van der Waals surface area contributed by atoms with E-state index in [-0.39, 0.29) is 0 Å². The van der Waals surface area contributed by atoms with Crippen molar-refractivity contribution < 1.29 is 4.74 Å². The fourth-order valence-electron chi connectivity index (χ4n) is 4.34. The lowest BCUT2D eigenvalue weighted by Crippen LogP contribution is -2.30. The highest BCUT2D eigenvalue weighted by Gasteiger charge is 2.14. The zero-order valence-electron chi connectivity index (χ0n) is 19.7. The van der Waals surface area contributed by atoms with E-state index in [1.54, 1.807) is 0 Å². The van der Waals surface area contributed by atoms with Gasteiger partial charge in [-0.1, -0.05) is 103 Å². The monoisotopic (exact) mass is 469 g/mol. The normalized spacial score (nSPS) is 12.0. The van der Waals surface area contributed by atoms with Gasteiger partial charge in [0.25, 0.3) is 0 Å². The molecule has 1 N–H and O–H groups in total. The molecule has 4 aromatic rings. The highest BCUT2D eigenvalue weighted by molar-refractivity contribution is 6.31. The van der Waals surface area contributed by atoms with Crippen molar-refractivity contribution in [2.75, 3.05) is 6.54 Å². The van der Waals surface area contributed by atoms with Gasteiger partial charge in [0, 0.05) is 22.5 Å². The molecule has 0 aliphatic carbocycles. The molecule has 174 valence electrons. The minimum absolute atomic E-state index is 0.367. The van der Waals surface area contributed by atoms with E-state index in [1.165, 1.54) is 16.7 Å². The Morgan fingerprint density at radius 3 is 2.09 bits per heavy atom. The van der Waals surface area contributed by atoms with Crippen LogP contribution in [0.4, 0.5) is 0 Å². The molecule has 0 fully saturated rings. The van der Waals surface area contributed by atoms with Gasteiger partial charge in [-0.05, 0) is 61.2 Å². The molecule has 4 rings (SSSR count). The SMILES string of the molecule is CC(Cc1cccc(OCc2ccccc2Cl)c1)NCCC(c1ccccc1)c1ccccc1. The standard InChI is InChI=1S/C31H32ClNO/c1-24(21-25-11-10-17-29(22-25)34-23-28-16-8-9-18-31(28)32)33-20-19-30(26-12-4-2-5-13-26)27-14-6-3-7-15-27/h2-18,22,24,30,33H,19-21,23H2,1H3. The van der Waals surface area contributed by atoms with Gasteiger partial charge in [0.05, 0.1) is 0 Å². The lowest BCUT2D eigenvalue weighted by Gasteiger charge is -2.20. The van der Waals surface area contributed by atoms with Crippen molar-refractivity contribution in [2.45, 2.75) is 38.3 Å². The molecule has 0 aliphatic rings. The molecule has 0 amide bonds. The summed E-state index contributed by atoms with van der Waals surface area (Å²) in [4.78, 5) is 0. The molecular formula is C31H32ClNO. The smallest absolute Gasteiger partial charge is 0.120 e. The quantitative estimate of drug-likeness (QED) is 0.243. The van der Waals surface area contributed by atoms with Gasteiger partial charge in [0.2, 0.25) is 0 Å². The number of nitrogens with one attached hydrogen (secondary N) is 1. The van der Waals surface area contributed by atoms with E-state index in [2.05, 4.69) is 91.1 Å². The van der Waals surface area contributed by atoms with Gasteiger partial charge in [-0.25, -0.2) is 0 Å². The van der Waals surface area contributed by atoms with Crippen molar-refractivity contribution in [1.82, 2.24) is 5.32 Å². The number of benzene rings is 4. The van der Waals surface area contributed by atoms with Crippen LogP contribution in [0.15, 0.2) is 109 Å². The Balaban J connectivity index is 1.30. The fourth-order valence-corrected chi connectivity index (χ4v) is 4.53. The highest BCUT2D eigenvalue weighted by Crippen LogP contribution is 2.27. The van der Waals surface area contributed by atoms with Crippen molar-refractivity contribution in [2.24, 2.45) is 0 Å². The molecular weight excluding hydrogens is 438 g/mol. The van der Waals surface area contributed by atoms with Crippen LogP contribution >= 0.6 is 11.6 Å². The first kappa shape index (κ1) is 24.1. The van der Waals surface area contributed by atoms with Crippen molar-refractivity contribution in [1.29, 1.82) is 0 Å². The van der Waals surface area contributed by atoms with Crippen LogP contribution in [-0.2, 0) is 13.0 Å². The molecule has 0 saturated heterocycles. The third-order valence-corrected chi connectivity index (χ3v) is 6.49. The van der Waals surface area contributed by atoms with E-state index in [1.807, 2.05) is 30.3 Å². The van der Waals surface area contributed by atoms with Crippen molar-refractivity contribution >= 4 is 11.6 Å². The van der Waals surface area contributed by atoms with Gasteiger partial charge in [-0.3, -0.25) is 0 Å². The van der Waals surface area contributed by atoms with E-state index < -0.39 is 0 Å². The first-order valence-electron chi connectivity index (χ1n) is 12.0. The zero-order chi connectivity index (χ0) is 23.6. The second-order valence-electron chi connectivity index (χ2n) is 8.75. The van der Waals surface area contributed by atoms with Gasteiger partial charge in [0.15, 0.2) is 0 Å². The molecule has 0 radical (unpaired) electrons. The Kier molecular flexibility index (Phi) is 8.78. The third kappa shape index (κ3) is 6.96. The van der Waals surface area contributed by atoms with E-state index in [0.717, 1.165) is 35.7 Å². The average Bonchev–Trinajstić information content (AvgIpc) is 2.87. The summed E-state index contributed by atoms with van der Waals surface area (Å²) >= 11 is 6.25. The van der Waals surface area contributed by atoms with E-state index >= 15 is 0 Å². The number of halogens is 1. The van der Waals surface area contributed by atoms with Crippen LogP contribution in [0.5, 0.6) is 5.75 Å². The van der Waals surface area contributed by atoms with Gasteiger partial charge < -0.3 is 10.1 Å². The van der Waals surface area contributed by atoms with Crippen molar-refractivity contribution in [3.05, 3.63) is 136 Å². The van der Waals surface area contributed by atoms with Gasteiger partial charge in [-0.2, -0.15) is 0 Å². The topological polar surface area (TPSA) is 21.3 Å². The molecule has 3 heteroatoms. The van der Waals surface area contributed by atoms with Gasteiger partial charge in [0.1, 0.15) is 12.4 Å². The maximum absolute atomic E-state index is 6.25. The molecule has 1 atom stereocenters.